The van der Waals surface area contributed by atoms with Crippen LogP contribution in [0.25, 0.3) is 0 Å². The maximum absolute atomic E-state index is 11.8. The summed E-state index contributed by atoms with van der Waals surface area (Å²) in [5.41, 5.74) is 1.65. The van der Waals surface area contributed by atoms with E-state index >= 15 is 0 Å². The molecule has 114 valence electrons. The molecule has 0 heterocycles. The van der Waals surface area contributed by atoms with E-state index in [4.69, 9.17) is 5.11 Å². The molecule has 2 N–H and O–H groups in total. The summed E-state index contributed by atoms with van der Waals surface area (Å²) in [6.45, 7) is 2.50. The minimum atomic E-state index is -1.03. The van der Waals surface area contributed by atoms with E-state index < -0.39 is 5.97 Å². The molecule has 0 saturated heterocycles. The predicted octanol–water partition coefficient (Wildman–Crippen LogP) is 1.05. The number of hydrogen-bond acceptors (Lipinski definition) is 3. The molecule has 0 spiro atoms. The number of hydrogen-bond donors (Lipinski definition) is 2. The normalized spacial score (nSPS) is 9.95. The molecular weight excluding hydrogens is 272 g/mol. The fourth-order valence-electron chi connectivity index (χ4n) is 1.87. The summed E-state index contributed by atoms with van der Waals surface area (Å²) >= 11 is 0. The van der Waals surface area contributed by atoms with Crippen molar-refractivity contribution in [3.05, 3.63) is 35.4 Å². The van der Waals surface area contributed by atoms with E-state index in [1.807, 2.05) is 25.1 Å². The van der Waals surface area contributed by atoms with Gasteiger partial charge in [0.05, 0.1) is 0 Å². The van der Waals surface area contributed by atoms with Gasteiger partial charge >= 0.3 is 5.97 Å². The van der Waals surface area contributed by atoms with Gasteiger partial charge in [-0.05, 0) is 31.9 Å². The molecule has 0 aliphatic rings. The second-order valence-electron chi connectivity index (χ2n) is 4.80. The first kappa shape index (κ1) is 16.7. The first-order valence-electron chi connectivity index (χ1n) is 6.79. The number of carboxylic acid groups (broad SMARTS) is 1. The Balaban J connectivity index is 2.23. The summed E-state index contributed by atoms with van der Waals surface area (Å²) in [4.78, 5) is 34.1. The SMILES string of the molecule is Cc1cccc(C(=O)NCCCCN(C=O)CC(=O)O)c1. The Bertz CT molecular complexity index is 502. The van der Waals surface area contributed by atoms with Crippen molar-refractivity contribution in [3.8, 4) is 0 Å². The van der Waals surface area contributed by atoms with Crippen LogP contribution < -0.4 is 5.32 Å². The van der Waals surface area contributed by atoms with Crippen molar-refractivity contribution in [1.29, 1.82) is 0 Å². The molecule has 0 bridgehead atoms. The molecule has 2 amide bonds. The van der Waals surface area contributed by atoms with Crippen LogP contribution in [0.15, 0.2) is 24.3 Å². The molecule has 1 aromatic carbocycles. The van der Waals surface area contributed by atoms with E-state index in [-0.39, 0.29) is 12.5 Å². The van der Waals surface area contributed by atoms with Crippen LogP contribution in [0.2, 0.25) is 0 Å². The topological polar surface area (TPSA) is 86.7 Å². The molecule has 6 heteroatoms. The fraction of sp³-hybridized carbons (Fsp3) is 0.400. The first-order valence-corrected chi connectivity index (χ1v) is 6.79. The lowest BCUT2D eigenvalue weighted by Crippen LogP contribution is -2.30. The number of nitrogens with zero attached hydrogens (tertiary/aromatic N) is 1. The molecule has 0 fully saturated rings. The van der Waals surface area contributed by atoms with E-state index in [1.54, 1.807) is 6.07 Å². The second kappa shape index (κ2) is 8.73. The molecule has 1 aromatic rings. The van der Waals surface area contributed by atoms with Crippen molar-refractivity contribution in [2.45, 2.75) is 19.8 Å². The summed E-state index contributed by atoms with van der Waals surface area (Å²) in [7, 11) is 0. The van der Waals surface area contributed by atoms with Crippen molar-refractivity contribution in [2.24, 2.45) is 0 Å². The monoisotopic (exact) mass is 292 g/mol. The number of benzene rings is 1. The summed E-state index contributed by atoms with van der Waals surface area (Å²) < 4.78 is 0. The highest BCUT2D eigenvalue weighted by Gasteiger charge is 2.07. The first-order chi connectivity index (χ1) is 10.0. The van der Waals surface area contributed by atoms with Gasteiger partial charge in [-0.1, -0.05) is 17.7 Å². The van der Waals surface area contributed by atoms with Crippen LogP contribution in [0.4, 0.5) is 0 Å². The zero-order valence-corrected chi connectivity index (χ0v) is 12.0. The van der Waals surface area contributed by atoms with Crippen LogP contribution in [0.1, 0.15) is 28.8 Å². The van der Waals surface area contributed by atoms with Gasteiger partial charge in [0.2, 0.25) is 6.41 Å². The van der Waals surface area contributed by atoms with Crippen LogP contribution >= 0.6 is 0 Å². The van der Waals surface area contributed by atoms with Crippen LogP contribution in [0.5, 0.6) is 0 Å². The summed E-state index contributed by atoms with van der Waals surface area (Å²) in [6.07, 6.45) is 1.85. The molecule has 0 radical (unpaired) electrons. The lowest BCUT2D eigenvalue weighted by Gasteiger charge is -2.14. The molecule has 21 heavy (non-hydrogen) atoms. The second-order valence-corrected chi connectivity index (χ2v) is 4.80. The Labute approximate surface area is 123 Å². The van der Waals surface area contributed by atoms with E-state index in [0.717, 1.165) is 5.56 Å². The van der Waals surface area contributed by atoms with Crippen molar-refractivity contribution in [3.63, 3.8) is 0 Å². The number of rotatable bonds is 9. The number of nitrogens with one attached hydrogen (secondary N) is 1. The molecule has 0 aliphatic carbocycles. The van der Waals surface area contributed by atoms with Gasteiger partial charge in [-0.3, -0.25) is 14.4 Å². The minimum Gasteiger partial charge on any atom is -0.480 e. The lowest BCUT2D eigenvalue weighted by molar-refractivity contribution is -0.140. The van der Waals surface area contributed by atoms with Gasteiger partial charge in [0.25, 0.3) is 5.91 Å². The third-order valence-electron chi connectivity index (χ3n) is 2.93. The summed E-state index contributed by atoms with van der Waals surface area (Å²) in [6, 6.07) is 7.32. The molecule has 1 rings (SSSR count). The highest BCUT2D eigenvalue weighted by atomic mass is 16.4. The van der Waals surface area contributed by atoms with Gasteiger partial charge in [-0.25, -0.2) is 0 Å². The van der Waals surface area contributed by atoms with E-state index in [9.17, 15) is 14.4 Å². The fourth-order valence-corrected chi connectivity index (χ4v) is 1.87. The zero-order chi connectivity index (χ0) is 15.7. The molecule has 0 atom stereocenters. The molecule has 0 unspecified atom stereocenters. The standard InChI is InChI=1S/C15H20N2O4/c1-12-5-4-6-13(9-12)15(21)16-7-2-3-8-17(11-18)10-14(19)20/h4-6,9,11H,2-3,7-8,10H2,1H3,(H,16,21)(H,19,20). The molecule has 0 aliphatic heterocycles. The lowest BCUT2D eigenvalue weighted by atomic mass is 10.1. The zero-order valence-electron chi connectivity index (χ0n) is 12.0. The minimum absolute atomic E-state index is 0.128. The van der Waals surface area contributed by atoms with Crippen molar-refractivity contribution in [2.75, 3.05) is 19.6 Å². The molecule has 6 nitrogen and oxygen atoms in total. The predicted molar refractivity (Wildman–Crippen MR) is 78.0 cm³/mol. The molecule has 0 aromatic heterocycles. The Morgan fingerprint density at radius 2 is 2.10 bits per heavy atom. The highest BCUT2D eigenvalue weighted by molar-refractivity contribution is 5.94. The van der Waals surface area contributed by atoms with Crippen LogP contribution in [0, 0.1) is 6.92 Å². The van der Waals surface area contributed by atoms with Gasteiger partial charge in [-0.15, -0.1) is 0 Å². The van der Waals surface area contributed by atoms with Crippen molar-refractivity contribution < 1.29 is 19.5 Å². The van der Waals surface area contributed by atoms with Gasteiger partial charge in [0.15, 0.2) is 0 Å². The molecular formula is C15H20N2O4. The number of carbonyl (C=O) groups is 3. The quantitative estimate of drug-likeness (QED) is 0.526. The van der Waals surface area contributed by atoms with Gasteiger partial charge in [0, 0.05) is 18.7 Å². The number of carbonyl (C=O) groups excluding carboxylic acids is 2. The summed E-state index contributed by atoms with van der Waals surface area (Å²) in [5.74, 6) is -1.16. The van der Waals surface area contributed by atoms with Gasteiger partial charge in [0.1, 0.15) is 6.54 Å². The van der Waals surface area contributed by atoms with Gasteiger partial charge < -0.3 is 15.3 Å². The molecule has 0 saturated carbocycles. The van der Waals surface area contributed by atoms with Crippen molar-refractivity contribution in [1.82, 2.24) is 10.2 Å². The van der Waals surface area contributed by atoms with Crippen LogP contribution in [-0.2, 0) is 9.59 Å². The Kier molecular flexibility index (Phi) is 6.94. The maximum atomic E-state index is 11.8. The number of aliphatic carboxylic acids is 1. The van der Waals surface area contributed by atoms with E-state index in [2.05, 4.69) is 5.32 Å². The average molecular weight is 292 g/mol. The Morgan fingerprint density at radius 3 is 2.71 bits per heavy atom. The van der Waals surface area contributed by atoms with Crippen LogP contribution in [-0.4, -0.2) is 47.9 Å². The smallest absolute Gasteiger partial charge is 0.323 e. The van der Waals surface area contributed by atoms with Crippen LogP contribution in [0.3, 0.4) is 0 Å². The average Bonchev–Trinajstić information content (AvgIpc) is 2.45. The van der Waals surface area contributed by atoms with Crippen molar-refractivity contribution >= 4 is 18.3 Å². The maximum Gasteiger partial charge on any atom is 0.323 e. The Hall–Kier alpha value is -2.37. The third kappa shape index (κ3) is 6.56. The van der Waals surface area contributed by atoms with E-state index in [0.29, 0.717) is 37.9 Å². The Morgan fingerprint density at radius 1 is 1.33 bits per heavy atom. The van der Waals surface area contributed by atoms with Gasteiger partial charge in [-0.2, -0.15) is 0 Å². The number of carboxylic acids is 1. The van der Waals surface area contributed by atoms with E-state index in [1.165, 1.54) is 4.90 Å². The number of unbranched alkanes of at least 4 members (excludes halogenated alkanes) is 1. The summed E-state index contributed by atoms with van der Waals surface area (Å²) in [5, 5.41) is 11.4. The largest absolute Gasteiger partial charge is 0.480 e. The third-order valence-corrected chi connectivity index (χ3v) is 2.93. The highest BCUT2D eigenvalue weighted by Crippen LogP contribution is 2.03. The number of amides is 2. The number of aryl methyl sites for hydroxylation is 1.